The molecule has 1 atom stereocenters. The van der Waals surface area contributed by atoms with Crippen molar-refractivity contribution in [3.05, 3.63) is 18.2 Å². The summed E-state index contributed by atoms with van der Waals surface area (Å²) in [7, 11) is 0. The number of hydrogen-bond donors (Lipinski definition) is 2. The molecule has 1 aromatic heterocycles. The molecule has 3 N–H and O–H groups in total. The highest BCUT2D eigenvalue weighted by atomic mass is 14.9. The van der Waals surface area contributed by atoms with Gasteiger partial charge in [-0.2, -0.15) is 0 Å². The quantitative estimate of drug-likeness (QED) is 0.706. The van der Waals surface area contributed by atoms with E-state index in [1.807, 2.05) is 0 Å². The summed E-state index contributed by atoms with van der Waals surface area (Å²) < 4.78 is 0. The molecule has 0 saturated carbocycles. The van der Waals surface area contributed by atoms with Crippen LogP contribution in [0.2, 0.25) is 0 Å². The summed E-state index contributed by atoms with van der Waals surface area (Å²) in [6.45, 7) is 6.55. The smallest absolute Gasteiger partial charge is 0.0922 e. The fraction of sp³-hybridized carbons (Fsp3) is 0.667. The van der Waals surface area contributed by atoms with Gasteiger partial charge in [-0.05, 0) is 11.8 Å². The number of aromatic amines is 1. The first-order chi connectivity index (χ1) is 5.49. The van der Waals surface area contributed by atoms with Crippen LogP contribution in [0, 0.1) is 5.41 Å². The number of nitrogens with one attached hydrogen (secondary N) is 1. The van der Waals surface area contributed by atoms with E-state index in [1.54, 1.807) is 12.5 Å². The van der Waals surface area contributed by atoms with E-state index in [2.05, 4.69) is 30.7 Å². The van der Waals surface area contributed by atoms with Gasteiger partial charge in [-0.3, -0.25) is 0 Å². The SMILES string of the molecule is CC(C)(C)CC(N)c1cnc[nH]1. The lowest BCUT2D eigenvalue weighted by molar-refractivity contribution is 0.340. The summed E-state index contributed by atoms with van der Waals surface area (Å²) in [6, 6.07) is 0.0764. The molecule has 3 heteroatoms. The molecular formula is C9H17N3. The molecule has 0 aromatic carbocycles. The molecule has 1 heterocycles. The standard InChI is InChI=1S/C9H17N3/c1-9(2,3)4-7(10)8-5-11-6-12-8/h5-7H,4,10H2,1-3H3,(H,11,12). The number of H-pyrrole nitrogens is 1. The molecule has 0 bridgehead atoms. The van der Waals surface area contributed by atoms with Crippen molar-refractivity contribution in [1.29, 1.82) is 0 Å². The Balaban J connectivity index is 2.56. The lowest BCUT2D eigenvalue weighted by atomic mass is 9.87. The Morgan fingerprint density at radius 2 is 2.25 bits per heavy atom. The van der Waals surface area contributed by atoms with E-state index in [9.17, 15) is 0 Å². The van der Waals surface area contributed by atoms with Crippen LogP contribution >= 0.6 is 0 Å². The zero-order valence-corrected chi connectivity index (χ0v) is 7.96. The molecule has 0 fully saturated rings. The lowest BCUT2D eigenvalue weighted by Gasteiger charge is -2.22. The Labute approximate surface area is 73.4 Å². The van der Waals surface area contributed by atoms with Crippen molar-refractivity contribution in [1.82, 2.24) is 9.97 Å². The molecule has 0 aliphatic heterocycles. The number of nitrogens with two attached hydrogens (primary N) is 1. The second-order valence-corrected chi connectivity index (χ2v) is 4.38. The van der Waals surface area contributed by atoms with Gasteiger partial charge in [0, 0.05) is 12.2 Å². The Bertz CT molecular complexity index is 220. The third-order valence-corrected chi connectivity index (χ3v) is 1.75. The molecule has 3 nitrogen and oxygen atoms in total. The normalized spacial score (nSPS) is 14.7. The van der Waals surface area contributed by atoms with Crippen LogP contribution in [0.5, 0.6) is 0 Å². The van der Waals surface area contributed by atoms with E-state index in [1.165, 1.54) is 0 Å². The second kappa shape index (κ2) is 3.27. The van der Waals surface area contributed by atoms with Gasteiger partial charge < -0.3 is 10.7 Å². The number of imidazole rings is 1. The van der Waals surface area contributed by atoms with Gasteiger partial charge >= 0.3 is 0 Å². The molecule has 1 unspecified atom stereocenters. The minimum absolute atomic E-state index is 0.0764. The maximum atomic E-state index is 5.95. The van der Waals surface area contributed by atoms with E-state index in [0.29, 0.717) is 0 Å². The third kappa shape index (κ3) is 2.66. The Hall–Kier alpha value is -0.830. The van der Waals surface area contributed by atoms with Crippen LogP contribution < -0.4 is 5.73 Å². The van der Waals surface area contributed by atoms with Gasteiger partial charge in [0.2, 0.25) is 0 Å². The van der Waals surface area contributed by atoms with Crippen LogP contribution in [0.15, 0.2) is 12.5 Å². The minimum atomic E-state index is 0.0764. The van der Waals surface area contributed by atoms with Crippen molar-refractivity contribution in [2.24, 2.45) is 11.1 Å². The molecule has 0 spiro atoms. The molecule has 68 valence electrons. The van der Waals surface area contributed by atoms with Crippen LogP contribution in [0.4, 0.5) is 0 Å². The first-order valence-corrected chi connectivity index (χ1v) is 4.23. The van der Waals surface area contributed by atoms with E-state index in [0.717, 1.165) is 12.1 Å². The summed E-state index contributed by atoms with van der Waals surface area (Å²) in [5.74, 6) is 0. The van der Waals surface area contributed by atoms with Crippen LogP contribution in [0.25, 0.3) is 0 Å². The molecule has 0 radical (unpaired) electrons. The number of nitrogens with zero attached hydrogens (tertiary/aromatic N) is 1. The van der Waals surface area contributed by atoms with Gasteiger partial charge in [-0.1, -0.05) is 20.8 Å². The van der Waals surface area contributed by atoms with Gasteiger partial charge in [0.25, 0.3) is 0 Å². The van der Waals surface area contributed by atoms with Gasteiger partial charge in [0.05, 0.1) is 12.0 Å². The van der Waals surface area contributed by atoms with Crippen LogP contribution in [-0.2, 0) is 0 Å². The Morgan fingerprint density at radius 1 is 1.58 bits per heavy atom. The summed E-state index contributed by atoms with van der Waals surface area (Å²) in [4.78, 5) is 6.96. The van der Waals surface area contributed by atoms with Gasteiger partial charge in [0.15, 0.2) is 0 Å². The molecule has 1 rings (SSSR count). The van der Waals surface area contributed by atoms with Gasteiger partial charge in [-0.25, -0.2) is 4.98 Å². The summed E-state index contributed by atoms with van der Waals surface area (Å²) >= 11 is 0. The average molecular weight is 167 g/mol. The largest absolute Gasteiger partial charge is 0.347 e. The summed E-state index contributed by atoms with van der Waals surface area (Å²) in [5.41, 5.74) is 7.24. The first kappa shape index (κ1) is 9.26. The molecule has 12 heavy (non-hydrogen) atoms. The highest BCUT2D eigenvalue weighted by molar-refractivity contribution is 5.01. The molecule has 0 amide bonds. The van der Waals surface area contributed by atoms with Crippen molar-refractivity contribution < 1.29 is 0 Å². The van der Waals surface area contributed by atoms with Crippen LogP contribution in [0.3, 0.4) is 0 Å². The van der Waals surface area contributed by atoms with Crippen LogP contribution in [-0.4, -0.2) is 9.97 Å². The predicted molar refractivity (Wildman–Crippen MR) is 49.6 cm³/mol. The Kier molecular flexibility index (Phi) is 2.52. The van der Waals surface area contributed by atoms with Crippen molar-refractivity contribution in [2.75, 3.05) is 0 Å². The molecule has 0 saturated heterocycles. The number of aromatic nitrogens is 2. The van der Waals surface area contributed by atoms with Crippen molar-refractivity contribution >= 4 is 0 Å². The number of rotatable bonds is 2. The fourth-order valence-electron chi connectivity index (χ4n) is 1.24. The van der Waals surface area contributed by atoms with E-state index >= 15 is 0 Å². The maximum Gasteiger partial charge on any atom is 0.0922 e. The number of hydrogen-bond acceptors (Lipinski definition) is 2. The van der Waals surface area contributed by atoms with E-state index in [4.69, 9.17) is 5.73 Å². The average Bonchev–Trinajstić information content (AvgIpc) is 2.32. The van der Waals surface area contributed by atoms with Crippen molar-refractivity contribution in [3.8, 4) is 0 Å². The molecule has 1 aromatic rings. The maximum absolute atomic E-state index is 5.95. The topological polar surface area (TPSA) is 54.7 Å². The van der Waals surface area contributed by atoms with Gasteiger partial charge in [0.1, 0.15) is 0 Å². The summed E-state index contributed by atoms with van der Waals surface area (Å²) in [5, 5.41) is 0. The van der Waals surface area contributed by atoms with Crippen molar-refractivity contribution in [2.45, 2.75) is 33.2 Å². The highest BCUT2D eigenvalue weighted by Crippen LogP contribution is 2.26. The fourth-order valence-corrected chi connectivity index (χ4v) is 1.24. The predicted octanol–water partition coefficient (Wildman–Crippen LogP) is 1.85. The molecular weight excluding hydrogens is 150 g/mol. The second-order valence-electron chi connectivity index (χ2n) is 4.38. The third-order valence-electron chi connectivity index (χ3n) is 1.75. The van der Waals surface area contributed by atoms with E-state index in [-0.39, 0.29) is 11.5 Å². The Morgan fingerprint density at radius 3 is 2.67 bits per heavy atom. The van der Waals surface area contributed by atoms with Crippen LogP contribution in [0.1, 0.15) is 38.9 Å². The molecule has 0 aliphatic carbocycles. The van der Waals surface area contributed by atoms with Crippen molar-refractivity contribution in [3.63, 3.8) is 0 Å². The lowest BCUT2D eigenvalue weighted by Crippen LogP contribution is -2.18. The first-order valence-electron chi connectivity index (χ1n) is 4.23. The summed E-state index contributed by atoms with van der Waals surface area (Å²) in [6.07, 6.45) is 4.42. The monoisotopic (exact) mass is 167 g/mol. The van der Waals surface area contributed by atoms with E-state index < -0.39 is 0 Å². The molecule has 0 aliphatic rings. The highest BCUT2D eigenvalue weighted by Gasteiger charge is 2.17. The zero-order valence-electron chi connectivity index (χ0n) is 7.96. The zero-order chi connectivity index (χ0) is 9.19. The minimum Gasteiger partial charge on any atom is -0.347 e. The van der Waals surface area contributed by atoms with Gasteiger partial charge in [-0.15, -0.1) is 0 Å².